The minimum Gasteiger partial charge on any atom is -0.359 e. The Morgan fingerprint density at radius 2 is 2.00 bits per heavy atom. The van der Waals surface area contributed by atoms with Gasteiger partial charge in [-0.25, -0.2) is 0 Å². The van der Waals surface area contributed by atoms with Crippen molar-refractivity contribution >= 4 is 28.3 Å². The summed E-state index contributed by atoms with van der Waals surface area (Å²) in [5.74, 6) is -3.36. The Morgan fingerprint density at radius 1 is 1.62 bits per heavy atom. The normalized spacial score (nSPS) is 37.4. The van der Waals surface area contributed by atoms with Crippen molar-refractivity contribution in [2.24, 2.45) is 0 Å². The first-order valence-corrected chi connectivity index (χ1v) is 5.75. The van der Waals surface area contributed by atoms with Crippen molar-refractivity contribution < 1.29 is 9.30 Å². The Hall–Kier alpha value is 0.770. The highest BCUT2D eigenvalue weighted by Crippen LogP contribution is 2.67. The number of epoxide rings is 1. The SMILES string of the molecule is CC1O[C@H]1P(=O)(Cl)Cl. The average molecular weight is 175 g/mol. The smallest absolute Gasteiger partial charge is 0.283 e. The van der Waals surface area contributed by atoms with Gasteiger partial charge in [0.05, 0.1) is 6.10 Å². The van der Waals surface area contributed by atoms with Crippen LogP contribution in [0.25, 0.3) is 0 Å². The van der Waals surface area contributed by atoms with E-state index in [0.717, 1.165) is 0 Å². The molecule has 2 nitrogen and oxygen atoms in total. The minimum absolute atomic E-state index is 0.0177. The van der Waals surface area contributed by atoms with Crippen LogP contribution in [-0.4, -0.2) is 11.9 Å². The summed E-state index contributed by atoms with van der Waals surface area (Å²) in [7, 11) is 0. The van der Waals surface area contributed by atoms with Crippen molar-refractivity contribution in [2.75, 3.05) is 0 Å². The lowest BCUT2D eigenvalue weighted by atomic mass is 10.6. The maximum absolute atomic E-state index is 10.6. The number of hydrogen-bond donors (Lipinski definition) is 0. The van der Waals surface area contributed by atoms with E-state index in [0.29, 0.717) is 0 Å². The lowest BCUT2D eigenvalue weighted by molar-refractivity contribution is 0.408. The molecule has 1 saturated heterocycles. The zero-order valence-corrected chi connectivity index (χ0v) is 6.58. The van der Waals surface area contributed by atoms with Gasteiger partial charge < -0.3 is 4.74 Å². The average Bonchev–Trinajstić information content (AvgIpc) is 2.13. The molecule has 2 atom stereocenters. The summed E-state index contributed by atoms with van der Waals surface area (Å²) in [5, 5.41) is 0. The Kier molecular flexibility index (Phi) is 1.62. The standard InChI is InChI=1S/C3H5Cl2O2P/c1-2-3(7-2)8(4,5)6/h2-3H,1H3/t2?,3-/m0/s1. The predicted octanol–water partition coefficient (Wildman–Crippen LogP) is 2.40. The molecule has 5 heteroatoms. The van der Waals surface area contributed by atoms with E-state index in [1.54, 1.807) is 6.92 Å². The van der Waals surface area contributed by atoms with E-state index in [2.05, 4.69) is 0 Å². The lowest BCUT2D eigenvalue weighted by Crippen LogP contribution is -1.79. The summed E-state index contributed by atoms with van der Waals surface area (Å²) in [6.45, 7) is 1.78. The van der Waals surface area contributed by atoms with Crippen LogP contribution in [0.4, 0.5) is 0 Å². The monoisotopic (exact) mass is 174 g/mol. The van der Waals surface area contributed by atoms with E-state index in [9.17, 15) is 4.57 Å². The van der Waals surface area contributed by atoms with Crippen LogP contribution in [0.1, 0.15) is 6.92 Å². The van der Waals surface area contributed by atoms with Crippen molar-refractivity contribution in [3.63, 3.8) is 0 Å². The van der Waals surface area contributed by atoms with Gasteiger partial charge >= 0.3 is 0 Å². The first-order valence-electron chi connectivity index (χ1n) is 2.16. The number of hydrogen-bond acceptors (Lipinski definition) is 2. The first kappa shape index (κ1) is 6.88. The molecule has 1 fully saturated rings. The lowest BCUT2D eigenvalue weighted by Gasteiger charge is -1.90. The van der Waals surface area contributed by atoms with Crippen LogP contribution in [-0.2, 0) is 9.30 Å². The van der Waals surface area contributed by atoms with Crippen molar-refractivity contribution in [3.05, 3.63) is 0 Å². The predicted molar refractivity (Wildman–Crippen MR) is 33.6 cm³/mol. The third kappa shape index (κ3) is 1.38. The largest absolute Gasteiger partial charge is 0.359 e. The van der Waals surface area contributed by atoms with Gasteiger partial charge in [-0.05, 0) is 29.4 Å². The van der Waals surface area contributed by atoms with Gasteiger partial charge in [0.25, 0.3) is 5.85 Å². The molecule has 0 aromatic heterocycles. The molecule has 0 aromatic carbocycles. The van der Waals surface area contributed by atoms with Gasteiger partial charge in [-0.2, -0.15) is 0 Å². The Bertz CT molecular complexity index is 142. The zero-order chi connectivity index (χ0) is 6.36. The Morgan fingerprint density at radius 3 is 2.00 bits per heavy atom. The van der Waals surface area contributed by atoms with Gasteiger partial charge in [0.2, 0.25) is 0 Å². The van der Waals surface area contributed by atoms with E-state index in [-0.39, 0.29) is 6.10 Å². The van der Waals surface area contributed by atoms with Gasteiger partial charge in [0.15, 0.2) is 5.85 Å². The third-order valence-corrected chi connectivity index (χ3v) is 3.26. The molecule has 0 amide bonds. The van der Waals surface area contributed by atoms with E-state index in [1.165, 1.54) is 0 Å². The van der Waals surface area contributed by atoms with E-state index in [1.807, 2.05) is 0 Å². The third-order valence-electron chi connectivity index (χ3n) is 0.975. The van der Waals surface area contributed by atoms with Crippen LogP contribution in [0, 0.1) is 0 Å². The fraction of sp³-hybridized carbons (Fsp3) is 1.00. The Balaban J connectivity index is 2.52. The number of rotatable bonds is 1. The summed E-state index contributed by atoms with van der Waals surface area (Å²) in [6, 6.07) is 0. The Labute approximate surface area is 57.1 Å². The van der Waals surface area contributed by atoms with Gasteiger partial charge in [0.1, 0.15) is 0 Å². The molecule has 0 aromatic rings. The quantitative estimate of drug-likeness (QED) is 0.452. The summed E-state index contributed by atoms with van der Waals surface area (Å²) in [6.07, 6.45) is -0.0177. The maximum Gasteiger partial charge on any atom is 0.283 e. The van der Waals surface area contributed by atoms with Crippen molar-refractivity contribution in [1.29, 1.82) is 0 Å². The van der Waals surface area contributed by atoms with Gasteiger partial charge in [-0.3, -0.25) is 4.57 Å². The van der Waals surface area contributed by atoms with Crippen LogP contribution in [0.5, 0.6) is 0 Å². The molecular formula is C3H5Cl2O2P. The fourth-order valence-electron chi connectivity index (χ4n) is 0.490. The topological polar surface area (TPSA) is 29.6 Å². The van der Waals surface area contributed by atoms with Crippen molar-refractivity contribution in [2.45, 2.75) is 18.9 Å². The number of halogens is 2. The summed E-state index contributed by atoms with van der Waals surface area (Å²) >= 11 is 10.4. The van der Waals surface area contributed by atoms with Gasteiger partial charge in [-0.1, -0.05) is 0 Å². The second kappa shape index (κ2) is 1.88. The highest BCUT2D eigenvalue weighted by molar-refractivity contribution is 8.09. The van der Waals surface area contributed by atoms with E-state index in [4.69, 9.17) is 27.2 Å². The summed E-state index contributed by atoms with van der Waals surface area (Å²) < 4.78 is 15.3. The molecule has 1 rings (SSSR count). The summed E-state index contributed by atoms with van der Waals surface area (Å²) in [4.78, 5) is 0. The molecule has 0 bridgehead atoms. The second-order valence-electron chi connectivity index (χ2n) is 1.73. The van der Waals surface area contributed by atoms with Crippen LogP contribution in [0.3, 0.4) is 0 Å². The molecule has 8 heavy (non-hydrogen) atoms. The second-order valence-corrected chi connectivity index (χ2v) is 6.78. The molecule has 1 aliphatic heterocycles. The fourth-order valence-corrected chi connectivity index (χ4v) is 2.54. The van der Waals surface area contributed by atoms with Crippen LogP contribution in [0.2, 0.25) is 0 Å². The molecule has 0 aliphatic carbocycles. The van der Waals surface area contributed by atoms with E-state index >= 15 is 0 Å². The molecule has 0 saturated carbocycles. The van der Waals surface area contributed by atoms with Crippen molar-refractivity contribution in [3.8, 4) is 0 Å². The molecule has 1 unspecified atom stereocenters. The maximum atomic E-state index is 10.6. The zero-order valence-electron chi connectivity index (χ0n) is 4.17. The van der Waals surface area contributed by atoms with E-state index < -0.39 is 11.7 Å². The summed E-state index contributed by atoms with van der Waals surface area (Å²) in [5.41, 5.74) is 0. The molecule has 0 N–H and O–H groups in total. The van der Waals surface area contributed by atoms with Gasteiger partial charge in [0, 0.05) is 0 Å². The molecule has 1 aliphatic rings. The minimum atomic E-state index is -2.96. The highest BCUT2D eigenvalue weighted by atomic mass is 35.9. The van der Waals surface area contributed by atoms with Crippen molar-refractivity contribution in [1.82, 2.24) is 0 Å². The molecule has 48 valence electrons. The van der Waals surface area contributed by atoms with Crippen LogP contribution < -0.4 is 0 Å². The molecule has 1 heterocycles. The highest BCUT2D eigenvalue weighted by Gasteiger charge is 2.47. The van der Waals surface area contributed by atoms with Gasteiger partial charge in [-0.15, -0.1) is 0 Å². The first-order chi connectivity index (χ1) is 3.52. The van der Waals surface area contributed by atoms with Crippen LogP contribution in [0.15, 0.2) is 0 Å². The molecular weight excluding hydrogens is 170 g/mol. The van der Waals surface area contributed by atoms with Crippen LogP contribution >= 0.6 is 28.3 Å². The molecule has 0 radical (unpaired) electrons. The number of ether oxygens (including phenoxy) is 1. The molecule has 0 spiro atoms.